The Balaban J connectivity index is 1.88. The fraction of sp³-hybridized carbons (Fsp3) is 0.688. The van der Waals surface area contributed by atoms with Crippen LogP contribution in [0, 0.1) is 5.92 Å². The number of nitrogens with zero attached hydrogens (tertiary/aromatic N) is 2. The highest BCUT2D eigenvalue weighted by molar-refractivity contribution is 5.07. The second-order valence-electron chi connectivity index (χ2n) is 5.94. The molecule has 1 fully saturated rings. The Kier molecular flexibility index (Phi) is 5.34. The summed E-state index contributed by atoms with van der Waals surface area (Å²) in [5.41, 5.74) is 1.13. The average molecular weight is 261 g/mol. The average Bonchev–Trinajstić information content (AvgIpc) is 2.93. The van der Waals surface area contributed by atoms with Gasteiger partial charge in [0.15, 0.2) is 0 Å². The maximum absolute atomic E-state index is 4.42. The van der Waals surface area contributed by atoms with Crippen LogP contribution in [-0.2, 0) is 0 Å². The van der Waals surface area contributed by atoms with Gasteiger partial charge in [0, 0.05) is 24.8 Å². The number of likely N-dealkylation sites (tertiary alicyclic amines) is 1. The van der Waals surface area contributed by atoms with Crippen LogP contribution < -0.4 is 5.32 Å². The van der Waals surface area contributed by atoms with Crippen LogP contribution in [0.2, 0.25) is 0 Å². The number of nitrogens with one attached hydrogen (secondary N) is 1. The Hall–Kier alpha value is -0.930. The molecule has 0 aliphatic carbocycles. The number of rotatable bonds is 6. The summed E-state index contributed by atoms with van der Waals surface area (Å²) >= 11 is 0. The number of aromatic nitrogens is 1. The van der Waals surface area contributed by atoms with E-state index in [4.69, 9.17) is 0 Å². The molecule has 0 saturated carbocycles. The summed E-state index contributed by atoms with van der Waals surface area (Å²) in [6.07, 6.45) is 4.59. The van der Waals surface area contributed by atoms with Crippen molar-refractivity contribution in [2.24, 2.45) is 5.92 Å². The van der Waals surface area contributed by atoms with Crippen molar-refractivity contribution in [1.29, 1.82) is 0 Å². The molecule has 2 atom stereocenters. The van der Waals surface area contributed by atoms with Crippen LogP contribution >= 0.6 is 0 Å². The van der Waals surface area contributed by atoms with E-state index in [0.29, 0.717) is 18.0 Å². The third-order valence-corrected chi connectivity index (χ3v) is 4.14. The van der Waals surface area contributed by atoms with Crippen molar-refractivity contribution in [1.82, 2.24) is 15.2 Å². The lowest BCUT2D eigenvalue weighted by atomic mass is 10.0. The van der Waals surface area contributed by atoms with Crippen LogP contribution in [0.4, 0.5) is 0 Å². The summed E-state index contributed by atoms with van der Waals surface area (Å²) in [6.45, 7) is 10.4. The highest BCUT2D eigenvalue weighted by atomic mass is 15.2. The monoisotopic (exact) mass is 261 g/mol. The van der Waals surface area contributed by atoms with Gasteiger partial charge in [-0.15, -0.1) is 0 Å². The van der Waals surface area contributed by atoms with E-state index in [1.165, 1.54) is 25.9 Å². The van der Waals surface area contributed by atoms with Gasteiger partial charge in [-0.1, -0.05) is 19.9 Å². The fourth-order valence-electron chi connectivity index (χ4n) is 2.89. The van der Waals surface area contributed by atoms with Crippen molar-refractivity contribution in [2.45, 2.75) is 45.7 Å². The summed E-state index contributed by atoms with van der Waals surface area (Å²) in [4.78, 5) is 7.06. The molecule has 0 bridgehead atoms. The van der Waals surface area contributed by atoms with Crippen LogP contribution in [0.3, 0.4) is 0 Å². The van der Waals surface area contributed by atoms with Gasteiger partial charge in [0.25, 0.3) is 0 Å². The van der Waals surface area contributed by atoms with Gasteiger partial charge >= 0.3 is 0 Å². The molecular weight excluding hydrogens is 234 g/mol. The van der Waals surface area contributed by atoms with Gasteiger partial charge in [-0.05, 0) is 50.9 Å². The largest absolute Gasteiger partial charge is 0.307 e. The van der Waals surface area contributed by atoms with Gasteiger partial charge < -0.3 is 5.32 Å². The molecule has 0 amide bonds. The minimum Gasteiger partial charge on any atom is -0.307 e. The lowest BCUT2D eigenvalue weighted by Crippen LogP contribution is -2.44. The zero-order valence-electron chi connectivity index (χ0n) is 12.5. The van der Waals surface area contributed by atoms with Crippen molar-refractivity contribution < 1.29 is 0 Å². The van der Waals surface area contributed by atoms with E-state index in [0.717, 1.165) is 12.2 Å². The highest BCUT2D eigenvalue weighted by Gasteiger charge is 2.24. The van der Waals surface area contributed by atoms with E-state index in [1.54, 1.807) is 0 Å². The Bertz CT molecular complexity index is 358. The lowest BCUT2D eigenvalue weighted by Gasteiger charge is -2.32. The molecule has 0 spiro atoms. The molecule has 3 nitrogen and oxygen atoms in total. The zero-order chi connectivity index (χ0) is 13.7. The predicted octanol–water partition coefficient (Wildman–Crippen LogP) is 2.85. The molecule has 1 aliphatic heterocycles. The summed E-state index contributed by atoms with van der Waals surface area (Å²) in [6, 6.07) is 7.09. The third kappa shape index (κ3) is 4.02. The van der Waals surface area contributed by atoms with E-state index >= 15 is 0 Å². The van der Waals surface area contributed by atoms with Gasteiger partial charge in [-0.3, -0.25) is 9.88 Å². The van der Waals surface area contributed by atoms with Crippen molar-refractivity contribution in [3.05, 3.63) is 30.1 Å². The summed E-state index contributed by atoms with van der Waals surface area (Å²) in [7, 11) is 0. The van der Waals surface area contributed by atoms with Crippen LogP contribution in [0.25, 0.3) is 0 Å². The maximum atomic E-state index is 4.42. The van der Waals surface area contributed by atoms with Gasteiger partial charge in [0.05, 0.1) is 5.69 Å². The van der Waals surface area contributed by atoms with Gasteiger partial charge in [-0.25, -0.2) is 0 Å². The van der Waals surface area contributed by atoms with Crippen LogP contribution in [0.1, 0.15) is 45.3 Å². The molecule has 106 valence electrons. The SMILES string of the molecule is CC(NCC(C(C)C)N1CCCC1)c1ccccn1. The molecule has 1 aliphatic rings. The molecule has 1 aromatic rings. The van der Waals surface area contributed by atoms with E-state index in [1.807, 2.05) is 12.3 Å². The summed E-state index contributed by atoms with van der Waals surface area (Å²) in [5, 5.41) is 3.65. The normalized spacial score (nSPS) is 19.8. The molecule has 1 N–H and O–H groups in total. The second-order valence-corrected chi connectivity index (χ2v) is 5.94. The molecule has 0 aromatic carbocycles. The molecule has 2 rings (SSSR count). The predicted molar refractivity (Wildman–Crippen MR) is 80.1 cm³/mol. The van der Waals surface area contributed by atoms with E-state index in [-0.39, 0.29) is 0 Å². The molecule has 1 saturated heterocycles. The third-order valence-electron chi connectivity index (χ3n) is 4.14. The first-order chi connectivity index (χ1) is 9.18. The lowest BCUT2D eigenvalue weighted by molar-refractivity contribution is 0.182. The van der Waals surface area contributed by atoms with Gasteiger partial charge in [0.1, 0.15) is 0 Å². The quantitative estimate of drug-likeness (QED) is 0.853. The van der Waals surface area contributed by atoms with E-state index < -0.39 is 0 Å². The topological polar surface area (TPSA) is 28.2 Å². The van der Waals surface area contributed by atoms with Crippen LogP contribution in [0.5, 0.6) is 0 Å². The first kappa shape index (κ1) is 14.5. The van der Waals surface area contributed by atoms with E-state index in [9.17, 15) is 0 Å². The van der Waals surface area contributed by atoms with Crippen LogP contribution in [0.15, 0.2) is 24.4 Å². The maximum Gasteiger partial charge on any atom is 0.0570 e. The smallest absolute Gasteiger partial charge is 0.0570 e. The van der Waals surface area contributed by atoms with Crippen molar-refractivity contribution in [2.75, 3.05) is 19.6 Å². The molecule has 3 heteroatoms. The zero-order valence-corrected chi connectivity index (χ0v) is 12.5. The molecule has 1 aromatic heterocycles. The molecule has 2 heterocycles. The second kappa shape index (κ2) is 7.01. The number of pyridine rings is 1. The number of hydrogen-bond acceptors (Lipinski definition) is 3. The van der Waals surface area contributed by atoms with Crippen LogP contribution in [-0.4, -0.2) is 35.6 Å². The highest BCUT2D eigenvalue weighted by Crippen LogP contribution is 2.18. The Morgan fingerprint density at radius 2 is 1.95 bits per heavy atom. The first-order valence-electron chi connectivity index (χ1n) is 7.57. The molecule has 2 unspecified atom stereocenters. The molecule has 19 heavy (non-hydrogen) atoms. The Morgan fingerprint density at radius 1 is 1.21 bits per heavy atom. The van der Waals surface area contributed by atoms with Crippen molar-refractivity contribution >= 4 is 0 Å². The minimum absolute atomic E-state index is 0.324. The summed E-state index contributed by atoms with van der Waals surface area (Å²) < 4.78 is 0. The Morgan fingerprint density at radius 3 is 2.53 bits per heavy atom. The Labute approximate surface area is 117 Å². The minimum atomic E-state index is 0.324. The summed E-state index contributed by atoms with van der Waals surface area (Å²) in [5.74, 6) is 0.696. The standard InChI is InChI=1S/C16H27N3/c1-13(2)16(19-10-6-7-11-19)12-18-14(3)15-8-4-5-9-17-15/h4-5,8-9,13-14,16,18H,6-7,10-12H2,1-3H3. The first-order valence-corrected chi connectivity index (χ1v) is 7.57. The number of hydrogen-bond donors (Lipinski definition) is 1. The fourth-order valence-corrected chi connectivity index (χ4v) is 2.89. The molecular formula is C16H27N3. The molecule has 0 radical (unpaired) electrons. The van der Waals surface area contributed by atoms with Crippen molar-refractivity contribution in [3.8, 4) is 0 Å². The van der Waals surface area contributed by atoms with E-state index in [2.05, 4.69) is 48.1 Å². The van der Waals surface area contributed by atoms with Crippen molar-refractivity contribution in [3.63, 3.8) is 0 Å². The van der Waals surface area contributed by atoms with Gasteiger partial charge in [-0.2, -0.15) is 0 Å². The van der Waals surface area contributed by atoms with Gasteiger partial charge in [0.2, 0.25) is 0 Å².